The Hall–Kier alpha value is -2.38. The van der Waals surface area contributed by atoms with Gasteiger partial charge in [0, 0.05) is 25.7 Å². The summed E-state index contributed by atoms with van der Waals surface area (Å²) >= 11 is 0. The number of hydrogen-bond acceptors (Lipinski definition) is 4. The molecule has 0 radical (unpaired) electrons. The summed E-state index contributed by atoms with van der Waals surface area (Å²) in [5.74, 6) is -0.286. The first-order valence-electron chi connectivity index (χ1n) is 8.99. The number of rotatable bonds is 6. The molecule has 1 unspecified atom stereocenters. The van der Waals surface area contributed by atoms with Gasteiger partial charge in [-0.05, 0) is 36.6 Å². The van der Waals surface area contributed by atoms with Crippen molar-refractivity contribution in [2.24, 2.45) is 0 Å². The topological polar surface area (TPSA) is 78.5 Å². The van der Waals surface area contributed by atoms with Crippen LogP contribution in [0.25, 0.3) is 0 Å². The summed E-state index contributed by atoms with van der Waals surface area (Å²) in [7, 11) is -3.45. The minimum atomic E-state index is -3.45. The van der Waals surface area contributed by atoms with Crippen LogP contribution in [-0.4, -0.2) is 44.6 Å². The summed E-state index contributed by atoms with van der Waals surface area (Å²) in [5, 5.41) is 2.93. The molecular formula is C20H25N3O3S. The van der Waals surface area contributed by atoms with Gasteiger partial charge in [0.05, 0.1) is 17.5 Å². The standard InChI is InChI=1S/C20H25N3O3S/c1-15(23-12-11-16-7-3-4-8-17(16)14-23)13-21-20(24)18-9-5-6-10-19(18)22-27(2,25)26/h3-10,15,22H,11-14H2,1-2H3,(H,21,24). The molecule has 27 heavy (non-hydrogen) atoms. The van der Waals surface area contributed by atoms with E-state index in [9.17, 15) is 13.2 Å². The van der Waals surface area contributed by atoms with Crippen LogP contribution < -0.4 is 10.0 Å². The van der Waals surface area contributed by atoms with Gasteiger partial charge in [-0.3, -0.25) is 14.4 Å². The normalized spacial score (nSPS) is 15.6. The van der Waals surface area contributed by atoms with Gasteiger partial charge >= 0.3 is 0 Å². The second-order valence-corrected chi connectivity index (χ2v) is 8.72. The first kappa shape index (κ1) is 19.4. The van der Waals surface area contributed by atoms with E-state index in [0.717, 1.165) is 25.8 Å². The SMILES string of the molecule is CC(CNC(=O)c1ccccc1NS(C)(=O)=O)N1CCc2ccccc2C1. The van der Waals surface area contributed by atoms with Crippen molar-refractivity contribution in [3.8, 4) is 0 Å². The third-order valence-electron chi connectivity index (χ3n) is 4.81. The van der Waals surface area contributed by atoms with Crippen LogP contribution in [0.2, 0.25) is 0 Å². The number of fused-ring (bicyclic) bond motifs is 1. The molecule has 1 heterocycles. The van der Waals surface area contributed by atoms with E-state index >= 15 is 0 Å². The van der Waals surface area contributed by atoms with Crippen LogP contribution in [0.3, 0.4) is 0 Å². The highest BCUT2D eigenvalue weighted by molar-refractivity contribution is 7.92. The van der Waals surface area contributed by atoms with Gasteiger partial charge < -0.3 is 5.32 Å². The van der Waals surface area contributed by atoms with Crippen molar-refractivity contribution in [2.75, 3.05) is 24.1 Å². The van der Waals surface area contributed by atoms with Crippen molar-refractivity contribution in [1.29, 1.82) is 0 Å². The number of carbonyl (C=O) groups excluding carboxylic acids is 1. The summed E-state index contributed by atoms with van der Waals surface area (Å²) in [6.07, 6.45) is 2.08. The maximum absolute atomic E-state index is 12.6. The smallest absolute Gasteiger partial charge is 0.253 e. The van der Waals surface area contributed by atoms with Crippen molar-refractivity contribution < 1.29 is 13.2 Å². The molecule has 0 bridgehead atoms. The number of nitrogens with one attached hydrogen (secondary N) is 2. The third kappa shape index (κ3) is 5.08. The van der Waals surface area contributed by atoms with Gasteiger partial charge in [0.15, 0.2) is 0 Å². The van der Waals surface area contributed by atoms with Crippen LogP contribution in [0, 0.1) is 0 Å². The zero-order valence-corrected chi connectivity index (χ0v) is 16.4. The van der Waals surface area contributed by atoms with E-state index in [2.05, 4.69) is 46.1 Å². The molecule has 0 saturated carbocycles. The molecule has 2 aromatic carbocycles. The first-order chi connectivity index (χ1) is 12.8. The zero-order chi connectivity index (χ0) is 19.4. The Bertz CT molecular complexity index is 928. The molecule has 6 nitrogen and oxygen atoms in total. The maximum Gasteiger partial charge on any atom is 0.253 e. The predicted octanol–water partition coefficient (Wildman–Crippen LogP) is 2.23. The molecule has 0 aliphatic carbocycles. The molecule has 7 heteroatoms. The van der Waals surface area contributed by atoms with Crippen LogP contribution in [0.15, 0.2) is 48.5 Å². The Morgan fingerprint density at radius 3 is 2.52 bits per heavy atom. The highest BCUT2D eigenvalue weighted by Crippen LogP contribution is 2.20. The molecule has 2 aromatic rings. The molecule has 0 fully saturated rings. The number of para-hydroxylation sites is 1. The summed E-state index contributed by atoms with van der Waals surface area (Å²) in [4.78, 5) is 14.9. The molecule has 0 spiro atoms. The quantitative estimate of drug-likeness (QED) is 0.797. The van der Waals surface area contributed by atoms with Crippen molar-refractivity contribution >= 4 is 21.6 Å². The number of amides is 1. The van der Waals surface area contributed by atoms with Crippen molar-refractivity contribution in [3.63, 3.8) is 0 Å². The van der Waals surface area contributed by atoms with E-state index in [0.29, 0.717) is 12.1 Å². The number of nitrogens with zero attached hydrogens (tertiary/aromatic N) is 1. The summed E-state index contributed by atoms with van der Waals surface area (Å²) in [5.41, 5.74) is 3.34. The lowest BCUT2D eigenvalue weighted by molar-refractivity contribution is 0.0933. The highest BCUT2D eigenvalue weighted by atomic mass is 32.2. The number of hydrogen-bond donors (Lipinski definition) is 2. The van der Waals surface area contributed by atoms with Crippen LogP contribution in [0.5, 0.6) is 0 Å². The van der Waals surface area contributed by atoms with Gasteiger partial charge in [0.2, 0.25) is 10.0 Å². The van der Waals surface area contributed by atoms with E-state index < -0.39 is 10.0 Å². The average molecular weight is 388 g/mol. The molecule has 0 saturated heterocycles. The van der Waals surface area contributed by atoms with E-state index in [4.69, 9.17) is 0 Å². The Balaban J connectivity index is 1.61. The highest BCUT2D eigenvalue weighted by Gasteiger charge is 2.21. The zero-order valence-electron chi connectivity index (χ0n) is 15.6. The lowest BCUT2D eigenvalue weighted by atomic mass is 9.99. The summed E-state index contributed by atoms with van der Waals surface area (Å²) < 4.78 is 25.4. The molecule has 0 aromatic heterocycles. The van der Waals surface area contributed by atoms with Crippen molar-refractivity contribution in [2.45, 2.75) is 25.9 Å². The predicted molar refractivity (Wildman–Crippen MR) is 107 cm³/mol. The second-order valence-electron chi connectivity index (χ2n) is 6.97. The fourth-order valence-corrected chi connectivity index (χ4v) is 3.91. The number of anilines is 1. The fraction of sp³-hybridized carbons (Fsp3) is 0.350. The lowest BCUT2D eigenvalue weighted by Crippen LogP contribution is -2.44. The Morgan fingerprint density at radius 1 is 1.11 bits per heavy atom. The minimum Gasteiger partial charge on any atom is -0.350 e. The van der Waals surface area contributed by atoms with Gasteiger partial charge in [0.1, 0.15) is 0 Å². The lowest BCUT2D eigenvalue weighted by Gasteiger charge is -2.33. The molecule has 2 N–H and O–H groups in total. The monoisotopic (exact) mass is 387 g/mol. The number of sulfonamides is 1. The van der Waals surface area contributed by atoms with Crippen LogP contribution in [0.4, 0.5) is 5.69 Å². The molecule has 3 rings (SSSR count). The van der Waals surface area contributed by atoms with Gasteiger partial charge in [-0.1, -0.05) is 36.4 Å². The van der Waals surface area contributed by atoms with Crippen molar-refractivity contribution in [3.05, 3.63) is 65.2 Å². The summed E-state index contributed by atoms with van der Waals surface area (Å²) in [6, 6.07) is 15.2. The van der Waals surface area contributed by atoms with E-state index in [-0.39, 0.29) is 17.6 Å². The molecule has 1 atom stereocenters. The number of benzene rings is 2. The average Bonchev–Trinajstić information content (AvgIpc) is 2.64. The Labute approximate surface area is 160 Å². The molecule has 1 amide bonds. The van der Waals surface area contributed by atoms with Gasteiger partial charge in [0.25, 0.3) is 5.91 Å². The largest absolute Gasteiger partial charge is 0.350 e. The summed E-state index contributed by atoms with van der Waals surface area (Å²) in [6.45, 7) is 4.42. The van der Waals surface area contributed by atoms with E-state index in [1.165, 1.54) is 11.1 Å². The van der Waals surface area contributed by atoms with Gasteiger partial charge in [-0.2, -0.15) is 0 Å². The molecular weight excluding hydrogens is 362 g/mol. The van der Waals surface area contributed by atoms with Crippen molar-refractivity contribution in [1.82, 2.24) is 10.2 Å². The van der Waals surface area contributed by atoms with Crippen LogP contribution in [0.1, 0.15) is 28.4 Å². The molecule has 144 valence electrons. The maximum atomic E-state index is 12.6. The first-order valence-corrected chi connectivity index (χ1v) is 10.9. The Kier molecular flexibility index (Phi) is 5.82. The van der Waals surface area contributed by atoms with Crippen LogP contribution >= 0.6 is 0 Å². The van der Waals surface area contributed by atoms with Gasteiger partial charge in [-0.15, -0.1) is 0 Å². The second kappa shape index (κ2) is 8.10. The van der Waals surface area contributed by atoms with E-state index in [1.807, 2.05) is 0 Å². The fourth-order valence-electron chi connectivity index (χ4n) is 3.33. The molecule has 1 aliphatic rings. The third-order valence-corrected chi connectivity index (χ3v) is 5.40. The van der Waals surface area contributed by atoms with Crippen LogP contribution in [-0.2, 0) is 23.0 Å². The Morgan fingerprint density at radius 2 is 1.78 bits per heavy atom. The van der Waals surface area contributed by atoms with E-state index in [1.54, 1.807) is 24.3 Å². The number of carbonyl (C=O) groups is 1. The molecule has 1 aliphatic heterocycles. The van der Waals surface area contributed by atoms with Gasteiger partial charge in [-0.25, -0.2) is 8.42 Å². The minimum absolute atomic E-state index is 0.178.